The van der Waals surface area contributed by atoms with E-state index in [1.54, 1.807) is 0 Å². The van der Waals surface area contributed by atoms with Gasteiger partial charge in [-0.1, -0.05) is 0 Å². The zero-order chi connectivity index (χ0) is 7.56. The molecule has 0 aromatic rings. The maximum Gasteiger partial charge on any atom is 0.335 e. The molecule has 0 aromatic heterocycles. The highest BCUT2D eigenvalue weighted by molar-refractivity contribution is 5.89. The van der Waals surface area contributed by atoms with E-state index in [0.717, 1.165) is 0 Å². The molecule has 10 heavy (non-hydrogen) atoms. The molecule has 1 atom stereocenters. The van der Waals surface area contributed by atoms with E-state index in [-0.39, 0.29) is 5.57 Å². The van der Waals surface area contributed by atoms with E-state index in [1.807, 2.05) is 0 Å². The summed E-state index contributed by atoms with van der Waals surface area (Å²) in [5.74, 6) is -0.991. The molecule has 1 aliphatic rings. The van der Waals surface area contributed by atoms with Crippen molar-refractivity contribution in [2.24, 2.45) is 5.73 Å². The third-order valence-corrected chi connectivity index (χ3v) is 1.07. The monoisotopic (exact) mass is 141 g/mol. The average Bonchev–Trinajstić information content (AvgIpc) is 1.88. The van der Waals surface area contributed by atoms with Crippen LogP contribution in [0.4, 0.5) is 0 Å². The second-order valence-corrected chi connectivity index (χ2v) is 1.83. The Bertz CT molecular complexity index is 207. The van der Waals surface area contributed by atoms with Crippen LogP contribution in [0.25, 0.3) is 0 Å². The quantitative estimate of drug-likeness (QED) is 0.531. The lowest BCUT2D eigenvalue weighted by Crippen LogP contribution is -2.22. The molecular formula is C6H7NO3. The van der Waals surface area contributed by atoms with E-state index >= 15 is 0 Å². The molecule has 1 unspecified atom stereocenters. The van der Waals surface area contributed by atoms with Crippen molar-refractivity contribution >= 4 is 5.97 Å². The predicted octanol–water partition coefficient (Wildman–Crippen LogP) is -0.174. The first-order valence-corrected chi connectivity index (χ1v) is 2.73. The molecule has 1 heterocycles. The number of aliphatic carboxylic acids is 1. The number of ether oxygens (including phenoxy) is 1. The first kappa shape index (κ1) is 6.82. The van der Waals surface area contributed by atoms with Crippen LogP contribution in [0, 0.1) is 0 Å². The normalized spacial score (nSPS) is 23.3. The Morgan fingerprint density at radius 2 is 2.50 bits per heavy atom. The number of hydrogen-bond donors (Lipinski definition) is 2. The van der Waals surface area contributed by atoms with Crippen molar-refractivity contribution in [1.29, 1.82) is 0 Å². The molecule has 0 amide bonds. The molecule has 4 nitrogen and oxygen atoms in total. The Morgan fingerprint density at radius 3 is 2.90 bits per heavy atom. The van der Waals surface area contributed by atoms with Gasteiger partial charge in [0.15, 0.2) is 6.23 Å². The van der Waals surface area contributed by atoms with E-state index in [0.29, 0.717) is 0 Å². The van der Waals surface area contributed by atoms with Gasteiger partial charge in [0.2, 0.25) is 0 Å². The molecule has 0 spiro atoms. The molecule has 0 aromatic carbocycles. The fourth-order valence-electron chi connectivity index (χ4n) is 0.618. The van der Waals surface area contributed by atoms with Crippen molar-refractivity contribution in [3.8, 4) is 0 Å². The highest BCUT2D eigenvalue weighted by Crippen LogP contribution is 2.05. The maximum absolute atomic E-state index is 10.3. The molecule has 0 fully saturated rings. The van der Waals surface area contributed by atoms with Crippen molar-refractivity contribution < 1.29 is 14.6 Å². The van der Waals surface area contributed by atoms with Crippen molar-refractivity contribution in [3.63, 3.8) is 0 Å². The van der Waals surface area contributed by atoms with Crippen molar-refractivity contribution in [1.82, 2.24) is 0 Å². The van der Waals surface area contributed by atoms with Crippen molar-refractivity contribution in [3.05, 3.63) is 24.0 Å². The molecule has 3 N–H and O–H groups in total. The van der Waals surface area contributed by atoms with Gasteiger partial charge in [-0.2, -0.15) is 0 Å². The number of rotatable bonds is 1. The van der Waals surface area contributed by atoms with Crippen LogP contribution >= 0.6 is 0 Å². The van der Waals surface area contributed by atoms with Crippen molar-refractivity contribution in [2.75, 3.05) is 0 Å². The van der Waals surface area contributed by atoms with Gasteiger partial charge in [-0.15, -0.1) is 0 Å². The highest BCUT2D eigenvalue weighted by Gasteiger charge is 2.09. The number of carboxylic acids is 1. The highest BCUT2D eigenvalue weighted by atomic mass is 16.5. The number of hydrogen-bond acceptors (Lipinski definition) is 3. The van der Waals surface area contributed by atoms with Crippen LogP contribution in [0.3, 0.4) is 0 Å². The van der Waals surface area contributed by atoms with Gasteiger partial charge in [0.25, 0.3) is 0 Å². The second-order valence-electron chi connectivity index (χ2n) is 1.83. The summed E-state index contributed by atoms with van der Waals surface area (Å²) in [6.07, 6.45) is 3.33. The number of carbonyl (C=O) groups is 1. The first-order valence-electron chi connectivity index (χ1n) is 2.73. The Balaban J connectivity index is 2.76. The van der Waals surface area contributed by atoms with Gasteiger partial charge in [-0.25, -0.2) is 4.79 Å². The molecule has 0 bridgehead atoms. The second kappa shape index (κ2) is 2.53. The van der Waals surface area contributed by atoms with Crippen LogP contribution in [0.15, 0.2) is 24.0 Å². The molecule has 1 rings (SSSR count). The summed E-state index contributed by atoms with van der Waals surface area (Å²) in [6.45, 7) is 0. The maximum atomic E-state index is 10.3. The van der Waals surface area contributed by atoms with E-state index in [2.05, 4.69) is 0 Å². The van der Waals surface area contributed by atoms with E-state index < -0.39 is 12.2 Å². The zero-order valence-electron chi connectivity index (χ0n) is 5.15. The summed E-state index contributed by atoms with van der Waals surface area (Å²) >= 11 is 0. The molecule has 0 saturated carbocycles. The first-order chi connectivity index (χ1) is 4.70. The molecule has 1 aliphatic heterocycles. The fraction of sp³-hybridized carbons (Fsp3) is 0.167. The van der Waals surface area contributed by atoms with Crippen LogP contribution in [0.2, 0.25) is 0 Å². The van der Waals surface area contributed by atoms with E-state index in [4.69, 9.17) is 15.6 Å². The van der Waals surface area contributed by atoms with Gasteiger partial charge < -0.3 is 9.84 Å². The molecule has 4 heteroatoms. The summed E-state index contributed by atoms with van der Waals surface area (Å²) in [5, 5.41) is 8.43. The lowest BCUT2D eigenvalue weighted by Gasteiger charge is -2.10. The van der Waals surface area contributed by atoms with Gasteiger partial charge >= 0.3 is 5.97 Å². The number of carboxylic acid groups (broad SMARTS) is 1. The van der Waals surface area contributed by atoms with Crippen molar-refractivity contribution in [2.45, 2.75) is 6.23 Å². The van der Waals surface area contributed by atoms with Gasteiger partial charge in [0.1, 0.15) is 0 Å². The summed E-state index contributed by atoms with van der Waals surface area (Å²) in [7, 11) is 0. The third-order valence-electron chi connectivity index (χ3n) is 1.07. The Hall–Kier alpha value is -1.29. The lowest BCUT2D eigenvalue weighted by atomic mass is 10.2. The molecule has 0 saturated heterocycles. The number of nitrogens with two attached hydrogens (primary N) is 1. The Kier molecular flexibility index (Phi) is 1.73. The van der Waals surface area contributed by atoms with Gasteiger partial charge in [0, 0.05) is 0 Å². The molecule has 0 radical (unpaired) electrons. The van der Waals surface area contributed by atoms with Gasteiger partial charge in [-0.3, -0.25) is 5.73 Å². The summed E-state index contributed by atoms with van der Waals surface area (Å²) in [4.78, 5) is 10.3. The standard InChI is InChI=1S/C6H7NO3/c7-5-3-4(6(8)9)1-2-10-5/h1-3,5H,7H2,(H,8,9). The average molecular weight is 141 g/mol. The van der Waals surface area contributed by atoms with Crippen LogP contribution in [0.1, 0.15) is 0 Å². The SMILES string of the molecule is NC1C=C(C(=O)O)C=CO1. The summed E-state index contributed by atoms with van der Waals surface area (Å²) in [6, 6.07) is 0. The zero-order valence-corrected chi connectivity index (χ0v) is 5.15. The van der Waals surface area contributed by atoms with E-state index in [1.165, 1.54) is 18.4 Å². The minimum atomic E-state index is -0.991. The third kappa shape index (κ3) is 1.35. The van der Waals surface area contributed by atoms with Gasteiger partial charge in [0.05, 0.1) is 11.8 Å². The largest absolute Gasteiger partial charge is 0.480 e. The Labute approximate surface area is 57.6 Å². The predicted molar refractivity (Wildman–Crippen MR) is 33.9 cm³/mol. The minimum absolute atomic E-state index is 0.166. The minimum Gasteiger partial charge on any atom is -0.480 e. The van der Waals surface area contributed by atoms with Crippen LogP contribution in [0.5, 0.6) is 0 Å². The topological polar surface area (TPSA) is 72.6 Å². The van der Waals surface area contributed by atoms with Gasteiger partial charge in [-0.05, 0) is 12.2 Å². The lowest BCUT2D eigenvalue weighted by molar-refractivity contribution is -0.132. The molecule has 0 aliphatic carbocycles. The Morgan fingerprint density at radius 1 is 1.80 bits per heavy atom. The molecular weight excluding hydrogens is 134 g/mol. The molecule has 54 valence electrons. The fourth-order valence-corrected chi connectivity index (χ4v) is 0.618. The summed E-state index contributed by atoms with van der Waals surface area (Å²) < 4.78 is 4.72. The smallest absolute Gasteiger partial charge is 0.335 e. The van der Waals surface area contributed by atoms with E-state index in [9.17, 15) is 4.79 Å². The van der Waals surface area contributed by atoms with Crippen LogP contribution in [-0.4, -0.2) is 17.3 Å². The summed E-state index contributed by atoms with van der Waals surface area (Å²) in [5.41, 5.74) is 5.42. The van der Waals surface area contributed by atoms with Crippen LogP contribution in [-0.2, 0) is 9.53 Å². The van der Waals surface area contributed by atoms with Crippen LogP contribution < -0.4 is 5.73 Å².